The predicted molar refractivity (Wildman–Crippen MR) is 167 cm³/mol. The lowest BCUT2D eigenvalue weighted by Gasteiger charge is -2.34. The second-order valence-electron chi connectivity index (χ2n) is 13.7. The Morgan fingerprint density at radius 2 is 1.67 bits per heavy atom. The van der Waals surface area contributed by atoms with E-state index in [1.54, 1.807) is 18.2 Å². The zero-order valence-corrected chi connectivity index (χ0v) is 26.3. The first-order valence-corrected chi connectivity index (χ1v) is 16.6. The largest absolute Gasteiger partial charge is 0.362 e. The van der Waals surface area contributed by atoms with Crippen LogP contribution in [0, 0.1) is 5.92 Å². The van der Waals surface area contributed by atoms with Crippen molar-refractivity contribution in [3.8, 4) is 0 Å². The van der Waals surface area contributed by atoms with Crippen LogP contribution in [0.15, 0.2) is 53.6 Å². The summed E-state index contributed by atoms with van der Waals surface area (Å²) in [6, 6.07) is 14.3. The zero-order chi connectivity index (χ0) is 30.6. The van der Waals surface area contributed by atoms with Crippen LogP contribution in [0.4, 0.5) is 11.6 Å². The average Bonchev–Trinajstić information content (AvgIpc) is 3.22. The smallest absolute Gasteiger partial charge is 0.281 e. The Morgan fingerprint density at radius 1 is 0.930 bits per heavy atom. The molecule has 2 saturated heterocycles. The molecule has 0 unspecified atom stereocenters. The number of pyridine rings is 3. The van der Waals surface area contributed by atoms with Crippen molar-refractivity contribution in [2.75, 3.05) is 29.9 Å². The van der Waals surface area contributed by atoms with E-state index in [4.69, 9.17) is 9.97 Å². The Labute approximate surface area is 254 Å². The molecule has 2 atom stereocenters. The third-order valence-electron chi connectivity index (χ3n) is 8.86. The third kappa shape index (κ3) is 5.97. The van der Waals surface area contributed by atoms with Crippen LogP contribution >= 0.6 is 0 Å². The number of fused-ring (bicyclic) bond motifs is 6. The SMILES string of the molecule is CC(C)(C)c1ccc2c(n1)N1C[C@@H](CC[C@@H](c3cccc(C4CNC4)n3)Nc3cccc(n3)S(=O)(=O)NC2=O)CC1(C)C. The number of carbonyl (C=O) groups is 1. The summed E-state index contributed by atoms with van der Waals surface area (Å²) in [5.41, 5.74) is 2.50. The molecule has 11 heteroatoms. The maximum absolute atomic E-state index is 13.6. The van der Waals surface area contributed by atoms with Gasteiger partial charge in [0, 0.05) is 47.9 Å². The highest BCUT2D eigenvalue weighted by Crippen LogP contribution is 2.41. The van der Waals surface area contributed by atoms with E-state index in [0.29, 0.717) is 30.0 Å². The van der Waals surface area contributed by atoms with Gasteiger partial charge in [-0.1, -0.05) is 32.9 Å². The molecule has 3 aromatic rings. The summed E-state index contributed by atoms with van der Waals surface area (Å²) in [4.78, 5) is 30.3. The molecule has 0 aromatic carbocycles. The lowest BCUT2D eigenvalue weighted by molar-refractivity contribution is 0.0981. The molecule has 3 aliphatic heterocycles. The van der Waals surface area contributed by atoms with Crippen LogP contribution in [0.5, 0.6) is 0 Å². The molecule has 0 radical (unpaired) electrons. The highest BCUT2D eigenvalue weighted by atomic mass is 32.2. The molecular formula is C32H41N7O3S. The van der Waals surface area contributed by atoms with Crippen LogP contribution in [-0.2, 0) is 15.4 Å². The number of carbonyl (C=O) groups excluding carboxylic acids is 1. The standard InChI is InChI=1S/C32H41N7O3S/c1-31(2,3)26-15-13-22-29(36-26)39-19-20(16-32(39,4)5)12-14-25(24-9-6-8-23(34-24)21-17-33-18-21)35-27-10-7-11-28(37-27)43(41,42)38-30(22)40/h6-11,13,15,20-21,25,33H,12,14,16-19H2,1-5H3,(H,35,37)(H,38,40)/t20-,25-/m0/s1. The molecule has 2 fully saturated rings. The van der Waals surface area contributed by atoms with E-state index >= 15 is 0 Å². The average molecular weight is 604 g/mol. The van der Waals surface area contributed by atoms with E-state index in [1.165, 1.54) is 6.07 Å². The summed E-state index contributed by atoms with van der Waals surface area (Å²) in [7, 11) is -4.27. The fourth-order valence-corrected chi connectivity index (χ4v) is 7.27. The van der Waals surface area contributed by atoms with Gasteiger partial charge in [-0.2, -0.15) is 8.42 Å². The molecule has 3 aliphatic rings. The Kier molecular flexibility index (Phi) is 7.45. The summed E-state index contributed by atoms with van der Waals surface area (Å²) >= 11 is 0. The first-order valence-electron chi connectivity index (χ1n) is 15.1. The van der Waals surface area contributed by atoms with E-state index in [2.05, 4.69) is 65.9 Å². The summed E-state index contributed by atoms with van der Waals surface area (Å²) in [5.74, 6) is 0.941. The van der Waals surface area contributed by atoms with Crippen molar-refractivity contribution in [3.63, 3.8) is 0 Å². The molecule has 3 N–H and O–H groups in total. The quantitative estimate of drug-likeness (QED) is 0.387. The number of aromatic nitrogens is 3. The number of hydrogen-bond acceptors (Lipinski definition) is 9. The number of nitrogens with zero attached hydrogens (tertiary/aromatic N) is 4. The van der Waals surface area contributed by atoms with Gasteiger partial charge in [0.15, 0.2) is 5.03 Å². The highest BCUT2D eigenvalue weighted by molar-refractivity contribution is 7.90. The monoisotopic (exact) mass is 603 g/mol. The maximum atomic E-state index is 13.6. The third-order valence-corrected chi connectivity index (χ3v) is 10.1. The zero-order valence-electron chi connectivity index (χ0n) is 25.5. The topological polar surface area (TPSA) is 129 Å². The minimum atomic E-state index is -4.27. The molecular weight excluding hydrogens is 562 g/mol. The number of anilines is 2. The van der Waals surface area contributed by atoms with Crippen LogP contribution in [0.25, 0.3) is 0 Å². The van der Waals surface area contributed by atoms with Crippen LogP contribution in [-0.4, -0.2) is 54.5 Å². The molecule has 6 rings (SSSR count). The fraction of sp³-hybridized carbons (Fsp3) is 0.500. The first kappa shape index (κ1) is 29.5. The minimum absolute atomic E-state index is 0.173. The van der Waals surface area contributed by atoms with Gasteiger partial charge in [-0.3, -0.25) is 9.78 Å². The molecule has 1 amide bonds. The van der Waals surface area contributed by atoms with Crippen molar-refractivity contribution < 1.29 is 13.2 Å². The second-order valence-corrected chi connectivity index (χ2v) is 15.4. The summed E-state index contributed by atoms with van der Waals surface area (Å²) in [5, 5.41) is 6.57. The fourth-order valence-electron chi connectivity index (χ4n) is 6.34. The molecule has 228 valence electrons. The number of sulfonamides is 1. The summed E-state index contributed by atoms with van der Waals surface area (Å²) < 4.78 is 29.2. The van der Waals surface area contributed by atoms with Crippen molar-refractivity contribution >= 4 is 27.6 Å². The molecule has 3 aromatic heterocycles. The predicted octanol–water partition coefficient (Wildman–Crippen LogP) is 4.53. The Hall–Kier alpha value is -3.57. The van der Waals surface area contributed by atoms with Gasteiger partial charge in [-0.25, -0.2) is 14.7 Å². The summed E-state index contributed by atoms with van der Waals surface area (Å²) in [6.45, 7) is 13.1. The lowest BCUT2D eigenvalue weighted by Crippen LogP contribution is -2.41. The van der Waals surface area contributed by atoms with Gasteiger partial charge < -0.3 is 15.5 Å². The van der Waals surface area contributed by atoms with E-state index in [0.717, 1.165) is 49.4 Å². The number of nitrogens with one attached hydrogen (secondary N) is 3. The van der Waals surface area contributed by atoms with Gasteiger partial charge in [0.2, 0.25) is 0 Å². The van der Waals surface area contributed by atoms with Crippen LogP contribution in [0.3, 0.4) is 0 Å². The number of amides is 1. The van der Waals surface area contributed by atoms with Crippen molar-refractivity contribution in [1.29, 1.82) is 0 Å². The molecule has 6 heterocycles. The Morgan fingerprint density at radius 3 is 2.40 bits per heavy atom. The second kappa shape index (κ2) is 10.9. The first-order chi connectivity index (χ1) is 20.3. The van der Waals surface area contributed by atoms with E-state index in [-0.39, 0.29) is 27.6 Å². The Balaban J connectivity index is 1.43. The van der Waals surface area contributed by atoms with Gasteiger partial charge in [0.25, 0.3) is 15.9 Å². The lowest BCUT2D eigenvalue weighted by atomic mass is 9.90. The van der Waals surface area contributed by atoms with Crippen LogP contribution < -0.4 is 20.3 Å². The molecule has 4 bridgehead atoms. The van der Waals surface area contributed by atoms with Gasteiger partial charge in [-0.05, 0) is 75.4 Å². The van der Waals surface area contributed by atoms with E-state index in [9.17, 15) is 13.2 Å². The van der Waals surface area contributed by atoms with Crippen LogP contribution in [0.1, 0.15) is 93.3 Å². The van der Waals surface area contributed by atoms with Gasteiger partial charge >= 0.3 is 0 Å². The minimum Gasteiger partial charge on any atom is -0.362 e. The summed E-state index contributed by atoms with van der Waals surface area (Å²) in [6.07, 6.45) is 2.61. The molecule has 10 nitrogen and oxygen atoms in total. The number of rotatable bonds is 2. The van der Waals surface area contributed by atoms with Gasteiger partial charge in [0.05, 0.1) is 17.3 Å². The van der Waals surface area contributed by atoms with Crippen LogP contribution in [0.2, 0.25) is 0 Å². The normalized spacial score (nSPS) is 23.7. The van der Waals surface area contributed by atoms with Crippen molar-refractivity contribution in [2.24, 2.45) is 5.92 Å². The van der Waals surface area contributed by atoms with Crippen molar-refractivity contribution in [3.05, 3.63) is 71.2 Å². The number of hydrogen-bond donors (Lipinski definition) is 3. The molecule has 0 spiro atoms. The van der Waals surface area contributed by atoms with Crippen molar-refractivity contribution in [2.45, 2.75) is 81.8 Å². The van der Waals surface area contributed by atoms with Gasteiger partial charge in [-0.15, -0.1) is 0 Å². The van der Waals surface area contributed by atoms with E-state index < -0.39 is 15.9 Å². The molecule has 43 heavy (non-hydrogen) atoms. The van der Waals surface area contributed by atoms with E-state index in [1.807, 2.05) is 18.2 Å². The molecule has 0 saturated carbocycles. The van der Waals surface area contributed by atoms with Gasteiger partial charge in [0.1, 0.15) is 11.6 Å². The molecule has 0 aliphatic carbocycles. The van der Waals surface area contributed by atoms with Crippen molar-refractivity contribution in [1.82, 2.24) is 25.0 Å². The Bertz CT molecular complexity index is 1650. The maximum Gasteiger partial charge on any atom is 0.281 e. The highest BCUT2D eigenvalue weighted by Gasteiger charge is 2.41.